The lowest BCUT2D eigenvalue weighted by Crippen LogP contribution is -2.02. The van der Waals surface area contributed by atoms with Crippen LogP contribution in [0.1, 0.15) is 10.4 Å². The van der Waals surface area contributed by atoms with Crippen LogP contribution < -0.4 is 5.73 Å². The lowest BCUT2D eigenvalue weighted by atomic mass is 10.2. The fourth-order valence-corrected chi connectivity index (χ4v) is 7.32. The summed E-state index contributed by atoms with van der Waals surface area (Å²) < 4.78 is 31.0. The highest BCUT2D eigenvalue weighted by atomic mass is 79.9. The van der Waals surface area contributed by atoms with Crippen molar-refractivity contribution < 1.29 is 13.5 Å². The van der Waals surface area contributed by atoms with Crippen LogP contribution in [0.25, 0.3) is 11.0 Å². The van der Waals surface area contributed by atoms with Crippen LogP contribution in [0.3, 0.4) is 0 Å². The van der Waals surface area contributed by atoms with Gasteiger partial charge in [0.25, 0.3) is 5.69 Å². The number of nitrogens with zero attached hydrogens (tertiary/aromatic N) is 3. The minimum absolute atomic E-state index is 0.106. The molecule has 13 heteroatoms. The molecule has 0 aliphatic carbocycles. The van der Waals surface area contributed by atoms with Crippen molar-refractivity contribution in [1.82, 2.24) is 9.55 Å². The number of benzene rings is 2. The number of nitro benzene ring substituents is 1. The lowest BCUT2D eigenvalue weighted by Gasteiger charge is -2.08. The molecule has 0 saturated heterocycles. The van der Waals surface area contributed by atoms with Gasteiger partial charge in [-0.1, -0.05) is 0 Å². The normalized spacial score (nSPS) is 11.7. The van der Waals surface area contributed by atoms with Gasteiger partial charge in [-0.3, -0.25) is 10.1 Å². The van der Waals surface area contributed by atoms with Gasteiger partial charge >= 0.3 is 0 Å². The first-order valence-corrected chi connectivity index (χ1v) is 13.6. The molecular formula is C21H19BrFN5O3S3. The summed E-state index contributed by atoms with van der Waals surface area (Å²) in [4.78, 5) is 16.5. The summed E-state index contributed by atoms with van der Waals surface area (Å²) in [5.74, 6) is -0.679. The second-order valence-electron chi connectivity index (χ2n) is 6.60. The number of halogens is 2. The van der Waals surface area contributed by atoms with Crippen LogP contribution in [0.5, 0.6) is 0 Å². The molecule has 0 aliphatic rings. The van der Waals surface area contributed by atoms with E-state index in [9.17, 15) is 18.7 Å². The Morgan fingerprint density at radius 2 is 2.09 bits per heavy atom. The van der Waals surface area contributed by atoms with Gasteiger partial charge in [0.15, 0.2) is 0 Å². The van der Waals surface area contributed by atoms with E-state index in [4.69, 9.17) is 5.41 Å². The molecule has 34 heavy (non-hydrogen) atoms. The maximum Gasteiger partial charge on any atom is 0.272 e. The van der Waals surface area contributed by atoms with Crippen molar-refractivity contribution in [1.29, 1.82) is 5.41 Å². The van der Waals surface area contributed by atoms with E-state index in [1.54, 1.807) is 29.1 Å². The van der Waals surface area contributed by atoms with Crippen LogP contribution in [0.4, 0.5) is 10.1 Å². The molecule has 0 aliphatic heterocycles. The number of imidazole rings is 1. The average molecular weight is 585 g/mol. The van der Waals surface area contributed by atoms with Crippen molar-refractivity contribution in [2.24, 2.45) is 5.73 Å². The molecule has 0 amide bonds. The molecule has 4 aromatic rings. The maximum atomic E-state index is 14.4. The summed E-state index contributed by atoms with van der Waals surface area (Å²) in [5, 5.41) is 18.3. The molecule has 1 unspecified atom stereocenters. The molecule has 1 atom stereocenters. The Morgan fingerprint density at radius 3 is 2.71 bits per heavy atom. The molecule has 2 heterocycles. The molecule has 2 aromatic carbocycles. The van der Waals surface area contributed by atoms with E-state index in [1.165, 1.54) is 48.5 Å². The zero-order valence-corrected chi connectivity index (χ0v) is 22.0. The number of hydrogen-bond acceptors (Lipinski definition) is 8. The number of hydrogen-bond donors (Lipinski definition) is 2. The van der Waals surface area contributed by atoms with Gasteiger partial charge in [-0.2, -0.15) is 0 Å². The predicted octanol–water partition coefficient (Wildman–Crippen LogP) is 5.42. The van der Waals surface area contributed by atoms with Crippen molar-refractivity contribution >= 4 is 72.8 Å². The second-order valence-corrected chi connectivity index (χ2v) is 11.1. The number of nitrogens with one attached hydrogen (secondary N) is 1. The van der Waals surface area contributed by atoms with Gasteiger partial charge in [-0.25, -0.2) is 13.6 Å². The third-order valence-corrected chi connectivity index (χ3v) is 9.13. The Balaban J connectivity index is 0.00000158. The maximum absolute atomic E-state index is 14.4. The van der Waals surface area contributed by atoms with Gasteiger partial charge in [0.1, 0.15) is 11.3 Å². The molecule has 8 nitrogen and oxygen atoms in total. The van der Waals surface area contributed by atoms with E-state index in [-0.39, 0.29) is 17.8 Å². The van der Waals surface area contributed by atoms with E-state index in [2.05, 4.69) is 26.6 Å². The summed E-state index contributed by atoms with van der Waals surface area (Å²) in [7, 11) is 0.00916. The van der Waals surface area contributed by atoms with Crippen molar-refractivity contribution in [2.75, 3.05) is 13.3 Å². The first kappa shape index (κ1) is 26.2. The van der Waals surface area contributed by atoms with Crippen LogP contribution in [0, 0.1) is 21.3 Å². The van der Waals surface area contributed by atoms with Gasteiger partial charge in [-0.15, -0.1) is 23.1 Å². The van der Waals surface area contributed by atoms with Gasteiger partial charge in [-0.05, 0) is 53.5 Å². The highest BCUT2D eigenvalue weighted by Gasteiger charge is 2.19. The third-order valence-electron chi connectivity index (χ3n) is 4.67. The molecule has 2 aromatic heterocycles. The first-order chi connectivity index (χ1) is 16.3. The number of thioether (sulfide) groups is 1. The zero-order valence-electron chi connectivity index (χ0n) is 18.0. The number of aromatic nitrogens is 2. The van der Waals surface area contributed by atoms with E-state index >= 15 is 0 Å². The largest absolute Gasteiger partial charge is 0.333 e. The van der Waals surface area contributed by atoms with Crippen LogP contribution in [0.15, 0.2) is 61.2 Å². The summed E-state index contributed by atoms with van der Waals surface area (Å²) in [6, 6.07) is 8.78. The third kappa shape index (κ3) is 5.28. The number of nitro groups is 1. The number of fused-ring (bicyclic) bond motifs is 1. The summed E-state index contributed by atoms with van der Waals surface area (Å²) in [6.45, 7) is 0.106. The molecule has 178 valence electrons. The highest BCUT2D eigenvalue weighted by Crippen LogP contribution is 2.36. The monoisotopic (exact) mass is 583 g/mol. The van der Waals surface area contributed by atoms with Crippen LogP contribution in [-0.2, 0) is 17.3 Å². The van der Waals surface area contributed by atoms with Gasteiger partial charge in [0.2, 0.25) is 0 Å². The fourth-order valence-electron chi connectivity index (χ4n) is 3.14. The number of rotatable bonds is 7. The number of non-ortho nitro benzene ring substituents is 1. The molecule has 0 bridgehead atoms. The van der Waals surface area contributed by atoms with Gasteiger partial charge in [0, 0.05) is 32.1 Å². The average Bonchev–Trinajstić information content (AvgIpc) is 3.45. The van der Waals surface area contributed by atoms with Gasteiger partial charge in [0.05, 0.1) is 49.3 Å². The van der Waals surface area contributed by atoms with E-state index in [1.807, 2.05) is 6.26 Å². The smallest absolute Gasteiger partial charge is 0.272 e. The SMILES string of the molecule is CN.CSc1sc(C=N)cc1S(=O)c1cc(Br)c2ncn(Cc3ccc([N+](=O)[O-])cc3F)c2c1. The van der Waals surface area contributed by atoms with Crippen molar-refractivity contribution in [3.05, 3.63) is 73.6 Å². The summed E-state index contributed by atoms with van der Waals surface area (Å²) in [5.41, 5.74) is 5.74. The van der Waals surface area contributed by atoms with E-state index in [0.29, 0.717) is 25.3 Å². The van der Waals surface area contributed by atoms with Crippen LogP contribution in [-0.4, -0.2) is 38.2 Å². The van der Waals surface area contributed by atoms with Crippen molar-refractivity contribution in [3.8, 4) is 0 Å². The summed E-state index contributed by atoms with van der Waals surface area (Å²) in [6.07, 6.45) is 4.68. The lowest BCUT2D eigenvalue weighted by molar-refractivity contribution is -0.385. The Bertz CT molecular complexity index is 1410. The van der Waals surface area contributed by atoms with Crippen molar-refractivity contribution in [3.63, 3.8) is 0 Å². The molecule has 0 fully saturated rings. The minimum Gasteiger partial charge on any atom is -0.333 e. The quantitative estimate of drug-likeness (QED) is 0.129. The molecule has 0 saturated carbocycles. The molecule has 4 rings (SSSR count). The number of thiophene rings is 1. The van der Waals surface area contributed by atoms with E-state index in [0.717, 1.165) is 15.2 Å². The Morgan fingerprint density at radius 1 is 1.35 bits per heavy atom. The highest BCUT2D eigenvalue weighted by molar-refractivity contribution is 9.10. The molecule has 0 radical (unpaired) electrons. The zero-order chi connectivity index (χ0) is 25.0. The molecule has 0 spiro atoms. The molecule has 3 N–H and O–H groups in total. The molecular weight excluding hydrogens is 565 g/mol. The Labute approximate surface area is 213 Å². The fraction of sp³-hybridized carbons (Fsp3) is 0.143. The Hall–Kier alpha value is -2.45. The van der Waals surface area contributed by atoms with E-state index < -0.39 is 21.5 Å². The topological polar surface area (TPSA) is 128 Å². The second kappa shape index (κ2) is 11.3. The Kier molecular flexibility index (Phi) is 8.71. The van der Waals surface area contributed by atoms with Gasteiger partial charge < -0.3 is 15.7 Å². The number of nitrogens with two attached hydrogens (primary N) is 1. The van der Waals surface area contributed by atoms with Crippen LogP contribution >= 0.6 is 39.0 Å². The van der Waals surface area contributed by atoms with Crippen LogP contribution in [0.2, 0.25) is 0 Å². The first-order valence-electron chi connectivity index (χ1n) is 9.57. The summed E-state index contributed by atoms with van der Waals surface area (Å²) >= 11 is 6.37. The van der Waals surface area contributed by atoms with Crippen molar-refractivity contribution in [2.45, 2.75) is 20.5 Å². The standard InChI is InChI=1S/C20H14BrFN4O3S3.CH5N/c1-30-20-18(5-13(8-23)31-20)32(29)14-6-15(21)19-17(7-14)25(10-24-19)9-11-2-3-12(26(27)28)4-16(11)22;1-2/h2-8,10,23H,9H2,1H3;2H2,1H3. The minimum atomic E-state index is -1.49. The predicted molar refractivity (Wildman–Crippen MR) is 138 cm³/mol.